The Morgan fingerprint density at radius 1 is 1.44 bits per heavy atom. The molecule has 0 unspecified atom stereocenters. The van der Waals surface area contributed by atoms with Crippen LogP contribution in [0.3, 0.4) is 0 Å². The molecular formula is C11H15N5. The predicted molar refractivity (Wildman–Crippen MR) is 64.5 cm³/mol. The Bertz CT molecular complexity index is 472. The summed E-state index contributed by atoms with van der Waals surface area (Å²) in [5.41, 5.74) is 8.49. The highest BCUT2D eigenvalue weighted by Crippen LogP contribution is 2.19. The minimum absolute atomic E-state index is 0.521. The van der Waals surface area contributed by atoms with Crippen LogP contribution >= 0.6 is 0 Å². The molecular weight excluding hydrogens is 202 g/mol. The Morgan fingerprint density at radius 3 is 2.88 bits per heavy atom. The second-order valence-corrected chi connectivity index (χ2v) is 3.61. The number of nitrogens with two attached hydrogens (primary N) is 1. The lowest BCUT2D eigenvalue weighted by Gasteiger charge is -2.04. The minimum Gasteiger partial charge on any atom is -0.384 e. The smallest absolute Gasteiger partial charge is 0.123 e. The summed E-state index contributed by atoms with van der Waals surface area (Å²) in [7, 11) is 1.91. The molecule has 5 heteroatoms. The van der Waals surface area contributed by atoms with Crippen LogP contribution in [0.2, 0.25) is 0 Å². The van der Waals surface area contributed by atoms with Gasteiger partial charge >= 0.3 is 0 Å². The third-order valence-electron chi connectivity index (χ3n) is 2.31. The second-order valence-electron chi connectivity index (χ2n) is 3.61. The molecule has 2 rings (SSSR count). The summed E-state index contributed by atoms with van der Waals surface area (Å²) in [5, 5.41) is 7.62. The van der Waals surface area contributed by atoms with Crippen molar-refractivity contribution in [3.63, 3.8) is 0 Å². The molecule has 0 saturated heterocycles. The summed E-state index contributed by atoms with van der Waals surface area (Å²) >= 11 is 0. The number of hydrogen-bond donors (Lipinski definition) is 2. The van der Waals surface area contributed by atoms with Gasteiger partial charge in [0.2, 0.25) is 0 Å². The molecule has 3 N–H and O–H groups in total. The number of aryl methyl sites for hydroxylation is 2. The van der Waals surface area contributed by atoms with Crippen LogP contribution in [0, 0.1) is 0 Å². The fourth-order valence-electron chi connectivity index (χ4n) is 1.53. The Balaban J connectivity index is 2.22. The third-order valence-corrected chi connectivity index (χ3v) is 2.31. The lowest BCUT2D eigenvalue weighted by atomic mass is 10.3. The number of nitrogens with one attached hydrogen (secondary N) is 1. The highest BCUT2D eigenvalue weighted by Gasteiger charge is 2.05. The molecule has 2 aromatic heterocycles. The van der Waals surface area contributed by atoms with E-state index >= 15 is 0 Å². The van der Waals surface area contributed by atoms with E-state index in [2.05, 4.69) is 22.3 Å². The first-order chi connectivity index (χ1) is 7.69. The number of aromatic nitrogens is 3. The molecule has 16 heavy (non-hydrogen) atoms. The molecule has 0 bridgehead atoms. The van der Waals surface area contributed by atoms with Crippen molar-refractivity contribution in [2.24, 2.45) is 7.05 Å². The van der Waals surface area contributed by atoms with E-state index in [1.807, 2.05) is 19.3 Å². The molecule has 0 atom stereocenters. The van der Waals surface area contributed by atoms with E-state index < -0.39 is 0 Å². The molecule has 0 radical (unpaired) electrons. The first kappa shape index (κ1) is 10.5. The Labute approximate surface area is 94.3 Å². The SMILES string of the molecule is CCc1nn(C)cc1Nc1ccc(N)nc1. The van der Waals surface area contributed by atoms with Crippen molar-refractivity contribution in [3.8, 4) is 0 Å². The van der Waals surface area contributed by atoms with Crippen molar-refractivity contribution in [1.82, 2.24) is 14.8 Å². The van der Waals surface area contributed by atoms with Gasteiger partial charge in [0, 0.05) is 13.2 Å². The van der Waals surface area contributed by atoms with Gasteiger partial charge in [0.15, 0.2) is 0 Å². The number of nitrogen functional groups attached to an aromatic ring is 1. The largest absolute Gasteiger partial charge is 0.384 e. The van der Waals surface area contributed by atoms with Gasteiger partial charge in [-0.3, -0.25) is 4.68 Å². The quantitative estimate of drug-likeness (QED) is 0.821. The minimum atomic E-state index is 0.521. The molecule has 5 nitrogen and oxygen atoms in total. The van der Waals surface area contributed by atoms with Gasteiger partial charge in [-0.2, -0.15) is 5.10 Å². The van der Waals surface area contributed by atoms with E-state index in [-0.39, 0.29) is 0 Å². The highest BCUT2D eigenvalue weighted by molar-refractivity contribution is 5.61. The maximum atomic E-state index is 5.52. The van der Waals surface area contributed by atoms with Crippen LogP contribution in [-0.4, -0.2) is 14.8 Å². The maximum Gasteiger partial charge on any atom is 0.123 e. The fraction of sp³-hybridized carbons (Fsp3) is 0.273. The highest BCUT2D eigenvalue weighted by atomic mass is 15.3. The molecule has 0 aliphatic rings. The van der Waals surface area contributed by atoms with Crippen LogP contribution in [0.4, 0.5) is 17.2 Å². The number of hydrogen-bond acceptors (Lipinski definition) is 4. The summed E-state index contributed by atoms with van der Waals surface area (Å²) in [6, 6.07) is 3.67. The normalized spacial score (nSPS) is 10.4. The maximum absolute atomic E-state index is 5.52. The molecule has 0 spiro atoms. The van der Waals surface area contributed by atoms with E-state index in [1.165, 1.54) is 0 Å². The zero-order chi connectivity index (χ0) is 11.5. The Kier molecular flexibility index (Phi) is 2.76. The molecule has 0 fully saturated rings. The van der Waals surface area contributed by atoms with Crippen LogP contribution in [0.1, 0.15) is 12.6 Å². The van der Waals surface area contributed by atoms with E-state index in [4.69, 9.17) is 5.73 Å². The van der Waals surface area contributed by atoms with E-state index in [9.17, 15) is 0 Å². The van der Waals surface area contributed by atoms with E-state index in [1.54, 1.807) is 16.9 Å². The molecule has 0 aliphatic heterocycles. The summed E-state index contributed by atoms with van der Waals surface area (Å²) in [6.45, 7) is 2.08. The molecule has 0 saturated carbocycles. The summed E-state index contributed by atoms with van der Waals surface area (Å²) in [5.74, 6) is 0.521. The number of nitrogens with zero attached hydrogens (tertiary/aromatic N) is 3. The standard InChI is InChI=1S/C11H15N5/c1-3-9-10(7-16(2)15-9)14-8-4-5-11(12)13-6-8/h4-7,14H,3H2,1-2H3,(H2,12,13). The van der Waals surface area contributed by atoms with Gasteiger partial charge in [-0.15, -0.1) is 0 Å². The zero-order valence-electron chi connectivity index (χ0n) is 9.44. The van der Waals surface area contributed by atoms with Crippen LogP contribution in [0.5, 0.6) is 0 Å². The topological polar surface area (TPSA) is 68.8 Å². The van der Waals surface area contributed by atoms with Gasteiger partial charge < -0.3 is 11.1 Å². The lowest BCUT2D eigenvalue weighted by molar-refractivity contribution is 0.746. The monoisotopic (exact) mass is 217 g/mol. The van der Waals surface area contributed by atoms with Crippen LogP contribution in [0.25, 0.3) is 0 Å². The van der Waals surface area contributed by atoms with Crippen molar-refractivity contribution in [3.05, 3.63) is 30.2 Å². The number of pyridine rings is 1. The zero-order valence-corrected chi connectivity index (χ0v) is 9.44. The van der Waals surface area contributed by atoms with Crippen molar-refractivity contribution in [1.29, 1.82) is 0 Å². The molecule has 2 heterocycles. The first-order valence-electron chi connectivity index (χ1n) is 5.20. The second kappa shape index (κ2) is 4.22. The van der Waals surface area contributed by atoms with Crippen molar-refractivity contribution in [2.75, 3.05) is 11.1 Å². The van der Waals surface area contributed by atoms with Gasteiger partial charge in [-0.1, -0.05) is 6.92 Å². The molecule has 2 aromatic rings. The van der Waals surface area contributed by atoms with Crippen LogP contribution in [0.15, 0.2) is 24.5 Å². The van der Waals surface area contributed by atoms with Gasteiger partial charge in [0.05, 0.1) is 23.3 Å². The van der Waals surface area contributed by atoms with Crippen molar-refractivity contribution < 1.29 is 0 Å². The average molecular weight is 217 g/mol. The Hall–Kier alpha value is -2.04. The van der Waals surface area contributed by atoms with E-state index in [0.717, 1.165) is 23.5 Å². The Morgan fingerprint density at radius 2 is 2.25 bits per heavy atom. The average Bonchev–Trinajstić information content (AvgIpc) is 2.62. The fourth-order valence-corrected chi connectivity index (χ4v) is 1.53. The van der Waals surface area contributed by atoms with Gasteiger partial charge in [0.25, 0.3) is 0 Å². The van der Waals surface area contributed by atoms with Gasteiger partial charge in [-0.25, -0.2) is 4.98 Å². The number of rotatable bonds is 3. The van der Waals surface area contributed by atoms with E-state index in [0.29, 0.717) is 5.82 Å². The van der Waals surface area contributed by atoms with Crippen LogP contribution < -0.4 is 11.1 Å². The van der Waals surface area contributed by atoms with Crippen molar-refractivity contribution in [2.45, 2.75) is 13.3 Å². The van der Waals surface area contributed by atoms with Crippen molar-refractivity contribution >= 4 is 17.2 Å². The predicted octanol–water partition coefficient (Wildman–Crippen LogP) is 1.70. The molecule has 0 aromatic carbocycles. The molecule has 0 aliphatic carbocycles. The molecule has 84 valence electrons. The number of anilines is 3. The first-order valence-corrected chi connectivity index (χ1v) is 5.20. The summed E-state index contributed by atoms with van der Waals surface area (Å²) < 4.78 is 1.80. The summed E-state index contributed by atoms with van der Waals surface area (Å²) in [6.07, 6.45) is 4.56. The summed E-state index contributed by atoms with van der Waals surface area (Å²) in [4.78, 5) is 4.03. The van der Waals surface area contributed by atoms with Gasteiger partial charge in [-0.05, 0) is 18.6 Å². The lowest BCUT2D eigenvalue weighted by Crippen LogP contribution is -1.95. The van der Waals surface area contributed by atoms with Crippen LogP contribution in [-0.2, 0) is 13.5 Å². The molecule has 0 amide bonds. The van der Waals surface area contributed by atoms with Gasteiger partial charge in [0.1, 0.15) is 5.82 Å². The third kappa shape index (κ3) is 2.13.